The highest BCUT2D eigenvalue weighted by atomic mass is 35.5. The maximum absolute atomic E-state index is 6.14. The Bertz CT molecular complexity index is 737. The van der Waals surface area contributed by atoms with Crippen molar-refractivity contribution in [2.24, 2.45) is 0 Å². The number of furan rings is 1. The summed E-state index contributed by atoms with van der Waals surface area (Å²) in [6.45, 7) is 0. The lowest BCUT2D eigenvalue weighted by atomic mass is 10.2. The molecule has 0 saturated heterocycles. The number of aromatic nitrogens is 3. The van der Waals surface area contributed by atoms with Gasteiger partial charge in [-0.3, -0.25) is 0 Å². The molecule has 2 aromatic heterocycles. The van der Waals surface area contributed by atoms with Crippen molar-refractivity contribution >= 4 is 35.0 Å². The van der Waals surface area contributed by atoms with E-state index in [1.165, 1.54) is 16.4 Å². The number of rotatable bonds is 4. The first kappa shape index (κ1) is 14.3. The van der Waals surface area contributed by atoms with Gasteiger partial charge in [-0.2, -0.15) is 0 Å². The number of halogens is 2. The molecule has 0 aliphatic rings. The van der Waals surface area contributed by atoms with Gasteiger partial charge in [0.05, 0.1) is 6.26 Å². The topological polar surface area (TPSA) is 69.9 Å². The Balaban J connectivity index is 1.81. The lowest BCUT2D eigenvalue weighted by Gasteiger charge is -2.06. The normalized spacial score (nSPS) is 11.0. The van der Waals surface area contributed by atoms with Gasteiger partial charge in [0, 0.05) is 15.8 Å². The van der Waals surface area contributed by atoms with Crippen molar-refractivity contribution in [3.8, 4) is 11.6 Å². The number of nitrogen functional groups attached to an aromatic ring is 1. The molecule has 5 nitrogen and oxygen atoms in total. The van der Waals surface area contributed by atoms with Gasteiger partial charge < -0.3 is 10.3 Å². The van der Waals surface area contributed by atoms with Crippen LogP contribution < -0.4 is 5.84 Å². The average Bonchev–Trinajstić information content (AvgIpc) is 3.08. The Hall–Kier alpha value is -1.63. The summed E-state index contributed by atoms with van der Waals surface area (Å²) in [5, 5.41) is 9.86. The molecule has 0 spiro atoms. The molecule has 3 aromatic rings. The van der Waals surface area contributed by atoms with E-state index in [0.717, 1.165) is 5.56 Å². The van der Waals surface area contributed by atoms with Gasteiger partial charge in [-0.05, 0) is 29.8 Å². The van der Waals surface area contributed by atoms with Gasteiger partial charge in [-0.15, -0.1) is 10.2 Å². The van der Waals surface area contributed by atoms with E-state index in [4.69, 9.17) is 33.5 Å². The summed E-state index contributed by atoms with van der Waals surface area (Å²) in [6.07, 6.45) is 1.56. The van der Waals surface area contributed by atoms with Crippen molar-refractivity contribution in [1.29, 1.82) is 0 Å². The monoisotopic (exact) mass is 340 g/mol. The Kier molecular flexibility index (Phi) is 4.10. The fourth-order valence-corrected chi connectivity index (χ4v) is 3.35. The molecule has 2 N–H and O–H groups in total. The van der Waals surface area contributed by atoms with Gasteiger partial charge in [0.15, 0.2) is 5.76 Å². The van der Waals surface area contributed by atoms with E-state index >= 15 is 0 Å². The molecule has 0 fully saturated rings. The molecule has 0 radical (unpaired) electrons. The van der Waals surface area contributed by atoms with Gasteiger partial charge in [0.25, 0.3) is 0 Å². The first-order valence-corrected chi connectivity index (χ1v) is 7.71. The summed E-state index contributed by atoms with van der Waals surface area (Å²) < 4.78 is 6.64. The van der Waals surface area contributed by atoms with Crippen LogP contribution in [-0.4, -0.2) is 14.9 Å². The Labute approximate surface area is 135 Å². The van der Waals surface area contributed by atoms with Crippen LogP contribution >= 0.6 is 35.0 Å². The predicted molar refractivity (Wildman–Crippen MR) is 83.9 cm³/mol. The van der Waals surface area contributed by atoms with E-state index in [1.807, 2.05) is 0 Å². The SMILES string of the molecule is Nn1c(SCc2c(Cl)cccc2Cl)nnc1-c1ccco1. The second-order valence-electron chi connectivity index (χ2n) is 4.14. The Morgan fingerprint density at radius 2 is 1.90 bits per heavy atom. The minimum Gasteiger partial charge on any atom is -0.461 e. The fraction of sp³-hybridized carbons (Fsp3) is 0.0769. The van der Waals surface area contributed by atoms with Crippen LogP contribution in [-0.2, 0) is 5.75 Å². The van der Waals surface area contributed by atoms with Crippen molar-refractivity contribution < 1.29 is 4.42 Å². The van der Waals surface area contributed by atoms with Gasteiger partial charge >= 0.3 is 0 Å². The summed E-state index contributed by atoms with van der Waals surface area (Å²) in [5.41, 5.74) is 0.841. The maximum Gasteiger partial charge on any atom is 0.218 e. The first-order valence-electron chi connectivity index (χ1n) is 5.97. The number of hydrogen-bond acceptors (Lipinski definition) is 5. The summed E-state index contributed by atoms with van der Waals surface area (Å²) in [7, 11) is 0. The highest BCUT2D eigenvalue weighted by Crippen LogP contribution is 2.31. The van der Waals surface area contributed by atoms with Crippen LogP contribution in [0, 0.1) is 0 Å². The molecule has 2 heterocycles. The van der Waals surface area contributed by atoms with Gasteiger partial charge in [-0.25, -0.2) is 4.68 Å². The molecule has 3 rings (SSSR count). The molecule has 0 bridgehead atoms. The molecule has 0 aliphatic carbocycles. The number of nitrogens with zero attached hydrogens (tertiary/aromatic N) is 3. The second-order valence-corrected chi connectivity index (χ2v) is 5.90. The molecule has 8 heteroatoms. The molecule has 0 saturated carbocycles. The van der Waals surface area contributed by atoms with Crippen LogP contribution in [0.15, 0.2) is 46.2 Å². The minimum atomic E-state index is 0.466. The van der Waals surface area contributed by atoms with Crippen molar-refractivity contribution in [3.63, 3.8) is 0 Å². The quantitative estimate of drug-likeness (QED) is 0.577. The molecule has 0 aliphatic heterocycles. The third kappa shape index (κ3) is 2.88. The van der Waals surface area contributed by atoms with Gasteiger partial charge in [0.2, 0.25) is 11.0 Å². The van der Waals surface area contributed by atoms with Crippen molar-refractivity contribution in [2.45, 2.75) is 10.9 Å². The zero-order chi connectivity index (χ0) is 14.8. The van der Waals surface area contributed by atoms with Crippen LogP contribution in [0.4, 0.5) is 0 Å². The molecule has 108 valence electrons. The minimum absolute atomic E-state index is 0.466. The fourth-order valence-electron chi connectivity index (χ4n) is 1.76. The highest BCUT2D eigenvalue weighted by Gasteiger charge is 2.15. The van der Waals surface area contributed by atoms with Crippen LogP contribution in [0.3, 0.4) is 0 Å². The van der Waals surface area contributed by atoms with Crippen LogP contribution in [0.5, 0.6) is 0 Å². The van der Waals surface area contributed by atoms with E-state index < -0.39 is 0 Å². The van der Waals surface area contributed by atoms with Crippen molar-refractivity contribution in [3.05, 3.63) is 52.2 Å². The third-order valence-electron chi connectivity index (χ3n) is 2.81. The molecule has 1 aromatic carbocycles. The molecule has 0 unspecified atom stereocenters. The van der Waals surface area contributed by atoms with Crippen LogP contribution in [0.1, 0.15) is 5.56 Å². The van der Waals surface area contributed by atoms with Crippen molar-refractivity contribution in [1.82, 2.24) is 14.9 Å². The number of hydrogen-bond donors (Lipinski definition) is 1. The molecule has 0 atom stereocenters. The largest absolute Gasteiger partial charge is 0.461 e. The Morgan fingerprint density at radius 1 is 1.14 bits per heavy atom. The lowest BCUT2D eigenvalue weighted by molar-refractivity contribution is 0.574. The lowest BCUT2D eigenvalue weighted by Crippen LogP contribution is -2.11. The van der Waals surface area contributed by atoms with E-state index in [-0.39, 0.29) is 0 Å². The van der Waals surface area contributed by atoms with Crippen molar-refractivity contribution in [2.75, 3.05) is 5.84 Å². The van der Waals surface area contributed by atoms with Gasteiger partial charge in [-0.1, -0.05) is 41.0 Å². The van der Waals surface area contributed by atoms with E-state index in [0.29, 0.717) is 32.5 Å². The smallest absolute Gasteiger partial charge is 0.218 e. The highest BCUT2D eigenvalue weighted by molar-refractivity contribution is 7.98. The number of thioether (sulfide) groups is 1. The second kappa shape index (κ2) is 6.01. The number of benzene rings is 1. The molecular formula is C13H10Cl2N4OS. The van der Waals surface area contributed by atoms with E-state index in [1.54, 1.807) is 36.6 Å². The van der Waals surface area contributed by atoms with Gasteiger partial charge in [0.1, 0.15) is 0 Å². The van der Waals surface area contributed by atoms with E-state index in [9.17, 15) is 0 Å². The standard InChI is InChI=1S/C13H10Cl2N4OS/c14-9-3-1-4-10(15)8(9)7-21-13-18-17-12(19(13)16)11-5-2-6-20-11/h1-6H,7,16H2. The first-order chi connectivity index (χ1) is 10.2. The summed E-state index contributed by atoms with van der Waals surface area (Å²) in [6, 6.07) is 8.93. The maximum atomic E-state index is 6.14. The zero-order valence-electron chi connectivity index (χ0n) is 10.7. The molecule has 21 heavy (non-hydrogen) atoms. The molecular weight excluding hydrogens is 331 g/mol. The third-order valence-corrected chi connectivity index (χ3v) is 4.49. The summed E-state index contributed by atoms with van der Waals surface area (Å²) in [5.74, 6) is 7.56. The Morgan fingerprint density at radius 3 is 2.57 bits per heavy atom. The zero-order valence-corrected chi connectivity index (χ0v) is 13.0. The van der Waals surface area contributed by atoms with E-state index in [2.05, 4.69) is 10.2 Å². The summed E-state index contributed by atoms with van der Waals surface area (Å²) >= 11 is 13.7. The van der Waals surface area contributed by atoms with Crippen LogP contribution in [0.2, 0.25) is 10.0 Å². The summed E-state index contributed by atoms with van der Waals surface area (Å²) in [4.78, 5) is 0. The van der Waals surface area contributed by atoms with Crippen LogP contribution in [0.25, 0.3) is 11.6 Å². The predicted octanol–water partition coefficient (Wildman–Crippen LogP) is 3.85. The number of nitrogens with two attached hydrogens (primary N) is 1. The average molecular weight is 341 g/mol. The molecule has 0 amide bonds.